The molecule has 11 heteroatoms. The molecule has 0 spiro atoms. The third-order valence-corrected chi connectivity index (χ3v) is 3.54. The number of carbonyl (C=O) groups is 2. The Bertz CT molecular complexity index is 627. The van der Waals surface area contributed by atoms with E-state index in [1.54, 1.807) is 0 Å². The topological polar surface area (TPSA) is 91.8 Å². The van der Waals surface area contributed by atoms with Crippen LogP contribution in [0.25, 0.3) is 0 Å². The Labute approximate surface area is 139 Å². The maximum Gasteiger partial charge on any atom is 0.340 e. The number of carboxylic acids is 1. The first kappa shape index (κ1) is 18.7. The van der Waals surface area contributed by atoms with Crippen LogP contribution in [-0.2, 0) is 4.79 Å². The van der Waals surface area contributed by atoms with Crippen molar-refractivity contribution in [1.82, 2.24) is 9.88 Å². The van der Waals surface area contributed by atoms with Gasteiger partial charge in [-0.15, -0.1) is 0 Å². The summed E-state index contributed by atoms with van der Waals surface area (Å²) in [5.41, 5.74) is 0.219. The van der Waals surface area contributed by atoms with E-state index in [1.807, 2.05) is 0 Å². The lowest BCUT2D eigenvalue weighted by Crippen LogP contribution is -2.34. The van der Waals surface area contributed by atoms with E-state index < -0.39 is 36.9 Å². The van der Waals surface area contributed by atoms with Crippen LogP contribution in [0.4, 0.5) is 28.0 Å². The molecule has 0 aromatic carbocycles. The number of pyridine rings is 1. The zero-order chi connectivity index (χ0) is 18.6. The minimum absolute atomic E-state index is 0.0818. The fourth-order valence-corrected chi connectivity index (χ4v) is 2.12. The fourth-order valence-electron chi connectivity index (χ4n) is 2.12. The van der Waals surface area contributed by atoms with Gasteiger partial charge in [0.2, 0.25) is 5.88 Å². The van der Waals surface area contributed by atoms with Crippen LogP contribution in [0.2, 0.25) is 0 Å². The number of halogens is 4. The van der Waals surface area contributed by atoms with Gasteiger partial charge < -0.3 is 20.1 Å². The van der Waals surface area contributed by atoms with Crippen molar-refractivity contribution >= 4 is 17.7 Å². The SMILES string of the molecule is O=C(O)C1CCN(C(=O)Nc2ccc(OCC(F)(F)C(F)F)nc2)C1. The summed E-state index contributed by atoms with van der Waals surface area (Å²) in [5.74, 6) is -6.17. The van der Waals surface area contributed by atoms with E-state index in [0.29, 0.717) is 13.0 Å². The van der Waals surface area contributed by atoms with Crippen molar-refractivity contribution in [3.63, 3.8) is 0 Å². The molecule has 1 aromatic heterocycles. The van der Waals surface area contributed by atoms with Crippen LogP contribution in [-0.4, -0.2) is 59.0 Å². The number of urea groups is 1. The number of nitrogens with one attached hydrogen (secondary N) is 1. The van der Waals surface area contributed by atoms with Gasteiger partial charge in [-0.05, 0) is 12.5 Å². The molecule has 0 saturated carbocycles. The Hall–Kier alpha value is -2.59. The molecular formula is C14H15F4N3O4. The summed E-state index contributed by atoms with van der Waals surface area (Å²) in [4.78, 5) is 27.8. The third kappa shape index (κ3) is 4.94. The van der Waals surface area contributed by atoms with Gasteiger partial charge in [0.05, 0.1) is 17.8 Å². The average Bonchev–Trinajstić information content (AvgIpc) is 3.04. The number of alkyl halides is 4. The van der Waals surface area contributed by atoms with Gasteiger partial charge in [-0.3, -0.25) is 4.79 Å². The van der Waals surface area contributed by atoms with Gasteiger partial charge in [0.1, 0.15) is 0 Å². The first-order valence-electron chi connectivity index (χ1n) is 7.22. The molecule has 7 nitrogen and oxygen atoms in total. The van der Waals surface area contributed by atoms with E-state index in [-0.39, 0.29) is 18.1 Å². The molecule has 0 radical (unpaired) electrons. The van der Waals surface area contributed by atoms with Crippen molar-refractivity contribution in [2.45, 2.75) is 18.8 Å². The van der Waals surface area contributed by atoms with Crippen LogP contribution >= 0.6 is 0 Å². The summed E-state index contributed by atoms with van der Waals surface area (Å²) in [6.45, 7) is -1.15. The highest BCUT2D eigenvalue weighted by molar-refractivity contribution is 5.89. The molecule has 1 saturated heterocycles. The van der Waals surface area contributed by atoms with E-state index in [2.05, 4.69) is 15.0 Å². The lowest BCUT2D eigenvalue weighted by Gasteiger charge is -2.17. The zero-order valence-electron chi connectivity index (χ0n) is 12.8. The second kappa shape index (κ2) is 7.53. The molecule has 2 N–H and O–H groups in total. The van der Waals surface area contributed by atoms with Crippen LogP contribution < -0.4 is 10.1 Å². The van der Waals surface area contributed by atoms with Crippen molar-refractivity contribution < 1.29 is 37.0 Å². The first-order chi connectivity index (χ1) is 11.7. The smallest absolute Gasteiger partial charge is 0.340 e. The highest BCUT2D eigenvalue weighted by atomic mass is 19.3. The number of hydrogen-bond donors (Lipinski definition) is 2. The molecule has 138 valence electrons. The highest BCUT2D eigenvalue weighted by Crippen LogP contribution is 2.24. The summed E-state index contributed by atoms with van der Waals surface area (Å²) in [7, 11) is 0. The lowest BCUT2D eigenvalue weighted by molar-refractivity contribution is -0.148. The molecule has 1 aromatic rings. The number of aliphatic carboxylic acids is 1. The summed E-state index contributed by atoms with van der Waals surface area (Å²) in [5, 5.41) is 11.4. The van der Waals surface area contributed by atoms with E-state index in [1.165, 1.54) is 11.0 Å². The molecule has 1 fully saturated rings. The van der Waals surface area contributed by atoms with Gasteiger partial charge in [0.25, 0.3) is 0 Å². The van der Waals surface area contributed by atoms with E-state index >= 15 is 0 Å². The Morgan fingerprint density at radius 2 is 2.16 bits per heavy atom. The second-order valence-corrected chi connectivity index (χ2v) is 5.44. The molecule has 25 heavy (non-hydrogen) atoms. The maximum atomic E-state index is 12.7. The summed E-state index contributed by atoms with van der Waals surface area (Å²) in [6.07, 6.45) is -2.38. The summed E-state index contributed by atoms with van der Waals surface area (Å²) < 4.78 is 54.0. The van der Waals surface area contributed by atoms with Crippen LogP contribution in [0.3, 0.4) is 0 Å². The minimum Gasteiger partial charge on any atom is -0.481 e. The summed E-state index contributed by atoms with van der Waals surface area (Å²) in [6, 6.07) is 1.91. The number of anilines is 1. The molecule has 1 atom stereocenters. The number of likely N-dealkylation sites (tertiary alicyclic amines) is 1. The highest BCUT2D eigenvalue weighted by Gasteiger charge is 2.41. The number of aromatic nitrogens is 1. The number of rotatable bonds is 6. The van der Waals surface area contributed by atoms with Gasteiger partial charge in [-0.2, -0.15) is 8.78 Å². The first-order valence-corrected chi connectivity index (χ1v) is 7.22. The van der Waals surface area contributed by atoms with Gasteiger partial charge in [-0.1, -0.05) is 0 Å². The number of ether oxygens (including phenoxy) is 1. The number of amides is 2. The van der Waals surface area contributed by atoms with Crippen molar-refractivity contribution in [3.05, 3.63) is 18.3 Å². The van der Waals surface area contributed by atoms with Crippen molar-refractivity contribution in [2.24, 2.45) is 5.92 Å². The van der Waals surface area contributed by atoms with Crippen LogP contribution in [0.5, 0.6) is 5.88 Å². The van der Waals surface area contributed by atoms with Gasteiger partial charge in [0, 0.05) is 19.2 Å². The molecular weight excluding hydrogens is 350 g/mol. The van der Waals surface area contributed by atoms with Gasteiger partial charge >= 0.3 is 24.3 Å². The van der Waals surface area contributed by atoms with Crippen LogP contribution in [0.15, 0.2) is 18.3 Å². The monoisotopic (exact) mass is 365 g/mol. The molecule has 2 amide bonds. The normalized spacial score (nSPS) is 17.6. The van der Waals surface area contributed by atoms with E-state index in [9.17, 15) is 27.2 Å². The predicted octanol–water partition coefficient (Wildman–Crippen LogP) is 2.30. The standard InChI is InChI=1S/C14H15F4N3O4/c15-12(16)14(17,18)7-25-10-2-1-9(5-19-10)20-13(24)21-4-3-8(6-21)11(22)23/h1-2,5,8,12H,3-4,6-7H2,(H,20,24)(H,22,23). The van der Waals surface area contributed by atoms with Crippen LogP contribution in [0, 0.1) is 5.92 Å². The Balaban J connectivity index is 1.86. The third-order valence-electron chi connectivity index (χ3n) is 3.54. The van der Waals surface area contributed by atoms with Crippen molar-refractivity contribution in [1.29, 1.82) is 0 Å². The number of hydrogen-bond acceptors (Lipinski definition) is 4. The summed E-state index contributed by atoms with van der Waals surface area (Å²) >= 11 is 0. The molecule has 2 heterocycles. The molecule has 0 aliphatic carbocycles. The molecule has 1 unspecified atom stereocenters. The predicted molar refractivity (Wildman–Crippen MR) is 77.0 cm³/mol. The largest absolute Gasteiger partial charge is 0.481 e. The zero-order valence-corrected chi connectivity index (χ0v) is 12.8. The Morgan fingerprint density at radius 1 is 1.44 bits per heavy atom. The number of carboxylic acid groups (broad SMARTS) is 1. The Morgan fingerprint density at radius 3 is 2.68 bits per heavy atom. The molecule has 1 aliphatic rings. The second-order valence-electron chi connectivity index (χ2n) is 5.44. The molecule has 1 aliphatic heterocycles. The number of nitrogens with zero attached hydrogens (tertiary/aromatic N) is 2. The number of carbonyl (C=O) groups excluding carboxylic acids is 1. The van der Waals surface area contributed by atoms with E-state index in [0.717, 1.165) is 12.3 Å². The Kier molecular flexibility index (Phi) is 5.65. The van der Waals surface area contributed by atoms with Crippen LogP contribution in [0.1, 0.15) is 6.42 Å². The van der Waals surface area contributed by atoms with E-state index in [4.69, 9.17) is 5.11 Å². The average molecular weight is 365 g/mol. The van der Waals surface area contributed by atoms with Crippen molar-refractivity contribution in [2.75, 3.05) is 25.0 Å². The molecule has 2 rings (SSSR count). The van der Waals surface area contributed by atoms with Gasteiger partial charge in [0.15, 0.2) is 6.61 Å². The van der Waals surface area contributed by atoms with Gasteiger partial charge in [-0.25, -0.2) is 18.6 Å². The quantitative estimate of drug-likeness (QED) is 0.755. The van der Waals surface area contributed by atoms with Crippen molar-refractivity contribution in [3.8, 4) is 5.88 Å². The lowest BCUT2D eigenvalue weighted by atomic mass is 10.1. The maximum absolute atomic E-state index is 12.7. The minimum atomic E-state index is -4.29. The fraction of sp³-hybridized carbons (Fsp3) is 0.500. The molecule has 0 bridgehead atoms.